The first-order valence-electron chi connectivity index (χ1n) is 7.93. The molecule has 0 aliphatic carbocycles. The van der Waals surface area contributed by atoms with Gasteiger partial charge >= 0.3 is 6.09 Å². The molecule has 0 radical (unpaired) electrons. The van der Waals surface area contributed by atoms with E-state index >= 15 is 0 Å². The van der Waals surface area contributed by atoms with Crippen LogP contribution in [0.4, 0.5) is 4.79 Å². The number of aliphatic imine (C=N–C) groups is 1. The van der Waals surface area contributed by atoms with Crippen LogP contribution in [0.5, 0.6) is 0 Å². The Hall–Kier alpha value is -0.870. The van der Waals surface area contributed by atoms with Gasteiger partial charge in [0.05, 0.1) is 11.6 Å². The van der Waals surface area contributed by atoms with Crippen LogP contribution in [0.2, 0.25) is 10.2 Å². The van der Waals surface area contributed by atoms with Crippen molar-refractivity contribution in [1.29, 1.82) is 0 Å². The van der Waals surface area contributed by atoms with Crippen molar-refractivity contribution in [2.24, 2.45) is 12.0 Å². The summed E-state index contributed by atoms with van der Waals surface area (Å²) in [5.74, 6) is 0.617. The average Bonchev–Trinajstić information content (AvgIpc) is 2.76. The van der Waals surface area contributed by atoms with Crippen molar-refractivity contribution in [3.8, 4) is 0 Å². The van der Waals surface area contributed by atoms with Gasteiger partial charge < -0.3 is 24.8 Å². The third-order valence-corrected chi connectivity index (χ3v) is 4.16. The minimum Gasteiger partial charge on any atom is -0.444 e. The zero-order chi connectivity index (χ0) is 19.2. The Bertz CT molecular complexity index is 629. The zero-order valence-electron chi connectivity index (χ0n) is 16.0. The number of carbonyl (C=O) groups excluding carboxylic acids is 1. The Morgan fingerprint density at radius 1 is 1.35 bits per heavy atom. The Morgan fingerprint density at radius 2 is 1.96 bits per heavy atom. The minimum absolute atomic E-state index is 0. The van der Waals surface area contributed by atoms with Crippen molar-refractivity contribution in [2.75, 3.05) is 27.2 Å². The number of aromatic nitrogens is 1. The van der Waals surface area contributed by atoms with Gasteiger partial charge in [-0.3, -0.25) is 4.99 Å². The first kappa shape index (κ1) is 25.1. The van der Waals surface area contributed by atoms with E-state index in [1.54, 1.807) is 24.7 Å². The molecule has 0 bridgehead atoms. The normalized spacial score (nSPS) is 11.6. The molecule has 0 aliphatic rings. The molecule has 1 amide bonds. The summed E-state index contributed by atoms with van der Waals surface area (Å²) in [7, 11) is 5.22. The molecule has 0 aliphatic heterocycles. The molecular formula is C16H28Cl2IN5O2. The second-order valence-electron chi connectivity index (χ2n) is 6.59. The van der Waals surface area contributed by atoms with Crippen LogP contribution in [0.25, 0.3) is 0 Å². The topological polar surface area (TPSA) is 70.9 Å². The van der Waals surface area contributed by atoms with E-state index in [1.807, 2.05) is 27.8 Å². The quantitative estimate of drug-likeness (QED) is 0.355. The monoisotopic (exact) mass is 519 g/mol. The van der Waals surface area contributed by atoms with Crippen LogP contribution in [0.15, 0.2) is 11.1 Å². The second kappa shape index (κ2) is 11.1. The number of halogens is 3. The highest BCUT2D eigenvalue weighted by Crippen LogP contribution is 2.24. The van der Waals surface area contributed by atoms with Gasteiger partial charge in [0.15, 0.2) is 5.96 Å². The number of nitrogens with zero attached hydrogens (tertiary/aromatic N) is 3. The van der Waals surface area contributed by atoms with Gasteiger partial charge in [-0.05, 0) is 26.8 Å². The molecular weight excluding hydrogens is 492 g/mol. The lowest BCUT2D eigenvalue weighted by atomic mass is 10.2. The van der Waals surface area contributed by atoms with Gasteiger partial charge in [0.2, 0.25) is 0 Å². The number of amides is 1. The Labute approximate surface area is 182 Å². The lowest BCUT2D eigenvalue weighted by Crippen LogP contribution is -2.43. The zero-order valence-corrected chi connectivity index (χ0v) is 19.9. The van der Waals surface area contributed by atoms with Gasteiger partial charge in [-0.25, -0.2) is 4.79 Å². The van der Waals surface area contributed by atoms with Gasteiger partial charge in [-0.15, -0.1) is 24.0 Å². The van der Waals surface area contributed by atoms with E-state index in [0.29, 0.717) is 35.8 Å². The summed E-state index contributed by atoms with van der Waals surface area (Å²) in [4.78, 5) is 17.6. The maximum Gasteiger partial charge on any atom is 0.410 e. The van der Waals surface area contributed by atoms with Crippen LogP contribution in [0, 0.1) is 0 Å². The molecule has 0 spiro atoms. The highest BCUT2D eigenvalue weighted by molar-refractivity contribution is 14.0. The van der Waals surface area contributed by atoms with Crippen LogP contribution in [-0.4, -0.2) is 54.3 Å². The molecule has 0 fully saturated rings. The summed E-state index contributed by atoms with van der Waals surface area (Å²) < 4.78 is 7.11. The molecule has 2 N–H and O–H groups in total. The summed E-state index contributed by atoms with van der Waals surface area (Å²) in [6.07, 6.45) is -0.356. The van der Waals surface area contributed by atoms with Crippen molar-refractivity contribution in [1.82, 2.24) is 20.1 Å². The van der Waals surface area contributed by atoms with Crippen molar-refractivity contribution in [2.45, 2.75) is 32.9 Å². The van der Waals surface area contributed by atoms with Gasteiger partial charge in [0.25, 0.3) is 0 Å². The summed E-state index contributed by atoms with van der Waals surface area (Å²) in [6, 6.07) is 1.81. The van der Waals surface area contributed by atoms with Crippen LogP contribution in [-0.2, 0) is 18.3 Å². The lowest BCUT2D eigenvalue weighted by molar-refractivity contribution is 0.0302. The van der Waals surface area contributed by atoms with Gasteiger partial charge in [-0.2, -0.15) is 0 Å². The average molecular weight is 520 g/mol. The van der Waals surface area contributed by atoms with Crippen molar-refractivity contribution < 1.29 is 9.53 Å². The molecule has 0 unspecified atom stereocenters. The summed E-state index contributed by atoms with van der Waals surface area (Å²) in [5, 5.41) is 7.33. The van der Waals surface area contributed by atoms with Crippen LogP contribution < -0.4 is 10.6 Å². The van der Waals surface area contributed by atoms with Crippen molar-refractivity contribution >= 4 is 59.2 Å². The first-order chi connectivity index (χ1) is 11.5. The Balaban J connectivity index is 0.00000625. The van der Waals surface area contributed by atoms with Crippen LogP contribution >= 0.6 is 47.2 Å². The van der Waals surface area contributed by atoms with Gasteiger partial charge in [-0.1, -0.05) is 23.2 Å². The molecule has 150 valence electrons. The van der Waals surface area contributed by atoms with E-state index in [0.717, 1.165) is 5.69 Å². The molecule has 1 aromatic heterocycles. The minimum atomic E-state index is -0.506. The van der Waals surface area contributed by atoms with Crippen LogP contribution in [0.3, 0.4) is 0 Å². The van der Waals surface area contributed by atoms with Gasteiger partial charge in [0, 0.05) is 39.9 Å². The van der Waals surface area contributed by atoms with Crippen molar-refractivity contribution in [3.63, 3.8) is 0 Å². The number of rotatable bonds is 5. The molecule has 1 heterocycles. The number of hydrogen-bond acceptors (Lipinski definition) is 3. The first-order valence-corrected chi connectivity index (χ1v) is 8.69. The van der Waals surface area contributed by atoms with Crippen molar-refractivity contribution in [3.05, 3.63) is 21.9 Å². The number of carbonyl (C=O) groups is 1. The van der Waals surface area contributed by atoms with E-state index in [2.05, 4.69) is 15.6 Å². The Kier molecular flexibility index (Phi) is 10.7. The third kappa shape index (κ3) is 8.22. The van der Waals surface area contributed by atoms with E-state index < -0.39 is 5.60 Å². The summed E-state index contributed by atoms with van der Waals surface area (Å²) in [5.41, 5.74) is 0.428. The highest BCUT2D eigenvalue weighted by Gasteiger charge is 2.19. The molecule has 0 saturated heterocycles. The number of hydrogen-bond donors (Lipinski definition) is 2. The predicted molar refractivity (Wildman–Crippen MR) is 118 cm³/mol. The molecule has 26 heavy (non-hydrogen) atoms. The molecule has 7 nitrogen and oxygen atoms in total. The largest absolute Gasteiger partial charge is 0.444 e. The molecule has 1 aromatic rings. The fourth-order valence-electron chi connectivity index (χ4n) is 1.93. The van der Waals surface area contributed by atoms with E-state index in [4.69, 9.17) is 27.9 Å². The Morgan fingerprint density at radius 3 is 2.42 bits per heavy atom. The smallest absolute Gasteiger partial charge is 0.410 e. The maximum atomic E-state index is 11.9. The van der Waals surface area contributed by atoms with E-state index in [-0.39, 0.29) is 30.1 Å². The molecule has 0 atom stereocenters. The molecule has 10 heteroatoms. The molecule has 0 saturated carbocycles. The fourth-order valence-corrected chi connectivity index (χ4v) is 2.34. The summed E-state index contributed by atoms with van der Waals surface area (Å²) >= 11 is 12.1. The standard InChI is InChI=1S/C16H27Cl2N5O2.HI/c1-16(2,3)25-15(24)22(5)8-7-20-14(19-4)21-10-11-9-12(17)13(18)23(11)6;/h9H,7-8,10H2,1-6H3,(H2,19,20,21);1H. The fraction of sp³-hybridized carbons (Fsp3) is 0.625. The SMILES string of the molecule is CN=C(NCCN(C)C(=O)OC(C)(C)C)NCc1cc(Cl)c(Cl)n1C.I. The second-order valence-corrected chi connectivity index (χ2v) is 7.35. The molecule has 0 aromatic carbocycles. The third-order valence-electron chi connectivity index (χ3n) is 3.32. The lowest BCUT2D eigenvalue weighted by Gasteiger charge is -2.24. The summed E-state index contributed by atoms with van der Waals surface area (Å²) in [6.45, 7) is 7.05. The molecule has 1 rings (SSSR count). The highest BCUT2D eigenvalue weighted by atomic mass is 127. The number of guanidine groups is 1. The van der Waals surface area contributed by atoms with Gasteiger partial charge in [0.1, 0.15) is 10.8 Å². The number of nitrogens with one attached hydrogen (secondary N) is 2. The maximum absolute atomic E-state index is 11.9. The predicted octanol–water partition coefficient (Wildman–Crippen LogP) is 3.48. The number of likely N-dealkylation sites (N-methyl/N-ethyl adjacent to an activating group) is 1. The van der Waals surface area contributed by atoms with E-state index in [9.17, 15) is 4.79 Å². The van der Waals surface area contributed by atoms with E-state index in [1.165, 1.54) is 4.90 Å². The number of ether oxygens (including phenoxy) is 1. The van der Waals surface area contributed by atoms with Crippen LogP contribution in [0.1, 0.15) is 26.5 Å².